The molecule has 1 aliphatic rings. The number of amides is 2. The Hall–Kier alpha value is -4.79. The van der Waals surface area contributed by atoms with Crippen LogP contribution in [0.25, 0.3) is 0 Å². The summed E-state index contributed by atoms with van der Waals surface area (Å²) in [6.07, 6.45) is 5.35. The largest absolute Gasteiger partial charge is 0.384 e. The van der Waals surface area contributed by atoms with Crippen molar-refractivity contribution in [1.29, 1.82) is 5.41 Å². The predicted octanol–water partition coefficient (Wildman–Crippen LogP) is 5.27. The Labute approximate surface area is 257 Å². The first kappa shape index (κ1) is 32.1. The molecule has 1 atom stereocenters. The van der Waals surface area contributed by atoms with Crippen molar-refractivity contribution in [3.63, 3.8) is 0 Å². The van der Waals surface area contributed by atoms with Gasteiger partial charge in [-0.1, -0.05) is 50.8 Å². The van der Waals surface area contributed by atoms with Crippen LogP contribution in [0, 0.1) is 17.1 Å². The minimum absolute atomic E-state index is 0.108. The van der Waals surface area contributed by atoms with Gasteiger partial charge in [0.15, 0.2) is 5.78 Å². The number of Topliss-reactive ketones (excluding diaryl/α,β-unsaturated/α-hetero) is 1. The zero-order valence-electron chi connectivity index (χ0n) is 25.3. The molecule has 4 N–H and O–H groups in total. The molecule has 0 saturated heterocycles. The van der Waals surface area contributed by atoms with Gasteiger partial charge in [0.05, 0.1) is 0 Å². The van der Waals surface area contributed by atoms with Crippen molar-refractivity contribution in [2.75, 3.05) is 13.1 Å². The summed E-state index contributed by atoms with van der Waals surface area (Å²) >= 11 is 0. The second-order valence-electron chi connectivity index (χ2n) is 11.1. The highest BCUT2D eigenvalue weighted by atomic mass is 19.1. The van der Waals surface area contributed by atoms with E-state index in [9.17, 15) is 18.8 Å². The molecule has 0 fully saturated rings. The summed E-state index contributed by atoms with van der Waals surface area (Å²) < 4.78 is 14.1. The molecule has 4 rings (SSSR count). The minimum atomic E-state index is -0.421. The zero-order chi connectivity index (χ0) is 31.6. The van der Waals surface area contributed by atoms with Gasteiger partial charge >= 0.3 is 0 Å². The second-order valence-corrected chi connectivity index (χ2v) is 11.1. The standard InChI is InChI=1S/C35H40FN5O3/c1-4-24-9-6-10-25(17-24)11-7-13-31(42)33(37)29-22-41(35(44)30-12-8-16-38-30)21-23(3)34(29)40-19-26-14-15-28(36)18-27(26)20-39-32(43)5-2/h5-6,8-10,12,14-18,23,37-38,40H,2,4,7,11,13,19-22H2,1,3H3,(H,39,43)/t23-/m1/s1. The van der Waals surface area contributed by atoms with Crippen molar-refractivity contribution in [1.82, 2.24) is 20.5 Å². The third kappa shape index (κ3) is 8.18. The fourth-order valence-electron chi connectivity index (χ4n) is 5.47. The number of hydrogen-bond donors (Lipinski definition) is 4. The van der Waals surface area contributed by atoms with Crippen LogP contribution in [0.2, 0.25) is 0 Å². The van der Waals surface area contributed by atoms with Gasteiger partial charge in [0, 0.05) is 56.0 Å². The van der Waals surface area contributed by atoms with E-state index < -0.39 is 5.82 Å². The fraction of sp³-hybridized carbons (Fsp3) is 0.314. The van der Waals surface area contributed by atoms with Crippen LogP contribution >= 0.6 is 0 Å². The molecule has 0 saturated carbocycles. The molecule has 0 radical (unpaired) electrons. The van der Waals surface area contributed by atoms with Crippen LogP contribution in [0.15, 0.2) is 84.7 Å². The van der Waals surface area contributed by atoms with Crippen LogP contribution in [-0.2, 0) is 35.5 Å². The van der Waals surface area contributed by atoms with Gasteiger partial charge in [-0.25, -0.2) is 4.39 Å². The number of carbonyl (C=O) groups is 3. The molecule has 0 bridgehead atoms. The van der Waals surface area contributed by atoms with E-state index in [0.29, 0.717) is 35.5 Å². The number of halogens is 1. The molecular formula is C35H40FN5O3. The van der Waals surface area contributed by atoms with E-state index in [1.165, 1.54) is 23.3 Å². The lowest BCUT2D eigenvalue weighted by molar-refractivity contribution is -0.116. The summed E-state index contributed by atoms with van der Waals surface area (Å²) in [7, 11) is 0. The third-order valence-electron chi connectivity index (χ3n) is 7.90. The minimum Gasteiger partial charge on any atom is -0.384 e. The van der Waals surface area contributed by atoms with Crippen molar-refractivity contribution >= 4 is 23.3 Å². The van der Waals surface area contributed by atoms with E-state index in [1.807, 2.05) is 13.0 Å². The van der Waals surface area contributed by atoms with Crippen molar-refractivity contribution < 1.29 is 18.8 Å². The molecular weight excluding hydrogens is 557 g/mol. The Morgan fingerprint density at radius 3 is 2.61 bits per heavy atom. The quantitative estimate of drug-likeness (QED) is 0.150. The SMILES string of the molecule is C=CC(=O)NCc1cc(F)ccc1CNC1=C(C(=N)C(=O)CCCc2cccc(CC)c2)CN(C(=O)c2ccc[nH]2)C[C@H]1C. The van der Waals surface area contributed by atoms with Gasteiger partial charge in [0.1, 0.15) is 17.2 Å². The molecule has 0 unspecified atom stereocenters. The van der Waals surface area contributed by atoms with Crippen LogP contribution in [0.3, 0.4) is 0 Å². The molecule has 9 heteroatoms. The molecule has 230 valence electrons. The molecule has 2 heterocycles. The molecule has 0 aliphatic carbocycles. The summed E-state index contributed by atoms with van der Waals surface area (Å²) in [5.74, 6) is -1.46. The van der Waals surface area contributed by atoms with Crippen LogP contribution < -0.4 is 10.6 Å². The number of aromatic nitrogens is 1. The van der Waals surface area contributed by atoms with Crippen LogP contribution in [-0.4, -0.2) is 46.3 Å². The molecule has 1 aliphatic heterocycles. The van der Waals surface area contributed by atoms with Crippen LogP contribution in [0.1, 0.15) is 59.4 Å². The number of rotatable bonds is 14. The molecule has 8 nitrogen and oxygen atoms in total. The van der Waals surface area contributed by atoms with Crippen molar-refractivity contribution in [2.45, 2.75) is 52.6 Å². The number of nitrogens with zero attached hydrogens (tertiary/aromatic N) is 1. The number of aromatic amines is 1. The van der Waals surface area contributed by atoms with E-state index in [-0.39, 0.29) is 55.3 Å². The van der Waals surface area contributed by atoms with E-state index in [2.05, 4.69) is 47.3 Å². The van der Waals surface area contributed by atoms with Crippen molar-refractivity contribution in [3.05, 3.63) is 118 Å². The number of H-pyrrole nitrogens is 1. The molecule has 2 aromatic carbocycles. The normalized spacial score (nSPS) is 14.7. The molecule has 2 amide bonds. The third-order valence-corrected chi connectivity index (χ3v) is 7.90. The molecule has 3 aromatic rings. The van der Waals surface area contributed by atoms with Gasteiger partial charge in [-0.15, -0.1) is 0 Å². The Kier molecular flexibility index (Phi) is 11.0. The van der Waals surface area contributed by atoms with E-state index in [1.54, 1.807) is 29.3 Å². The summed E-state index contributed by atoms with van der Waals surface area (Å²) in [6.45, 7) is 8.41. The fourth-order valence-corrected chi connectivity index (χ4v) is 5.47. The maximum absolute atomic E-state index is 14.1. The number of benzene rings is 2. The summed E-state index contributed by atoms with van der Waals surface area (Å²) in [5, 5.41) is 15.0. The lowest BCUT2D eigenvalue weighted by Crippen LogP contribution is -2.45. The van der Waals surface area contributed by atoms with Crippen LogP contribution in [0.5, 0.6) is 0 Å². The predicted molar refractivity (Wildman–Crippen MR) is 170 cm³/mol. The number of hydrogen-bond acceptors (Lipinski definition) is 5. The van der Waals surface area contributed by atoms with Crippen LogP contribution in [0.4, 0.5) is 4.39 Å². The first-order chi connectivity index (χ1) is 21.2. The number of ketones is 1. The lowest BCUT2D eigenvalue weighted by atomic mass is 9.90. The number of nitrogens with one attached hydrogen (secondary N) is 4. The van der Waals surface area contributed by atoms with Gasteiger partial charge < -0.3 is 20.5 Å². The lowest BCUT2D eigenvalue weighted by Gasteiger charge is -2.35. The van der Waals surface area contributed by atoms with Crippen molar-refractivity contribution in [2.24, 2.45) is 5.92 Å². The molecule has 0 spiro atoms. The maximum atomic E-state index is 14.1. The topological polar surface area (TPSA) is 118 Å². The van der Waals surface area contributed by atoms with Gasteiger partial charge in [0.25, 0.3) is 5.91 Å². The van der Waals surface area contributed by atoms with Crippen molar-refractivity contribution in [3.8, 4) is 0 Å². The first-order valence-corrected chi connectivity index (χ1v) is 15.0. The summed E-state index contributed by atoms with van der Waals surface area (Å²) in [4.78, 5) is 43.0. The van der Waals surface area contributed by atoms with Gasteiger partial charge in [0.2, 0.25) is 5.91 Å². The highest BCUT2D eigenvalue weighted by molar-refractivity contribution is 6.45. The number of carbonyl (C=O) groups excluding carboxylic acids is 3. The Bertz CT molecular complexity index is 1560. The highest BCUT2D eigenvalue weighted by Gasteiger charge is 2.32. The van der Waals surface area contributed by atoms with Gasteiger partial charge in [-0.05, 0) is 71.9 Å². The Morgan fingerprint density at radius 2 is 1.89 bits per heavy atom. The maximum Gasteiger partial charge on any atom is 0.270 e. The van der Waals surface area contributed by atoms with Gasteiger partial charge in [-0.2, -0.15) is 0 Å². The van der Waals surface area contributed by atoms with E-state index in [0.717, 1.165) is 24.5 Å². The Morgan fingerprint density at radius 1 is 1.09 bits per heavy atom. The van der Waals surface area contributed by atoms with Gasteiger partial charge in [-0.3, -0.25) is 19.8 Å². The highest BCUT2D eigenvalue weighted by Crippen LogP contribution is 2.26. The second kappa shape index (κ2) is 15.1. The van der Waals surface area contributed by atoms with E-state index in [4.69, 9.17) is 5.41 Å². The number of aryl methyl sites for hydroxylation is 2. The molecule has 1 aromatic heterocycles. The first-order valence-electron chi connectivity index (χ1n) is 15.0. The Balaban J connectivity index is 1.55. The average Bonchev–Trinajstić information content (AvgIpc) is 3.58. The molecule has 44 heavy (non-hydrogen) atoms. The summed E-state index contributed by atoms with van der Waals surface area (Å²) in [5.41, 5.74) is 5.29. The average molecular weight is 598 g/mol. The zero-order valence-corrected chi connectivity index (χ0v) is 25.3. The van der Waals surface area contributed by atoms with E-state index >= 15 is 0 Å². The monoisotopic (exact) mass is 597 g/mol. The summed E-state index contributed by atoms with van der Waals surface area (Å²) in [6, 6.07) is 16.2. The smallest absolute Gasteiger partial charge is 0.270 e.